The molecule has 0 radical (unpaired) electrons. The second-order valence-electron chi connectivity index (χ2n) is 6.40. The molecule has 2 rings (SSSR count). The van der Waals surface area contributed by atoms with Crippen LogP contribution in [0.25, 0.3) is 0 Å². The number of carbonyl (C=O) groups excluding carboxylic acids is 2. The number of Topliss-reactive ketones (excluding diaryl/α,β-unsaturated/α-hetero) is 1. The van der Waals surface area contributed by atoms with Gasteiger partial charge >= 0.3 is 0 Å². The first-order valence-corrected chi connectivity index (χ1v) is 8.90. The van der Waals surface area contributed by atoms with E-state index in [2.05, 4.69) is 12.2 Å². The number of benzene rings is 1. The van der Waals surface area contributed by atoms with Gasteiger partial charge in [0.15, 0.2) is 17.3 Å². The largest absolute Gasteiger partial charge is 0.494 e. The Bertz CT molecular complexity index is 598. The van der Waals surface area contributed by atoms with Crippen molar-refractivity contribution >= 4 is 11.7 Å². The van der Waals surface area contributed by atoms with Crippen molar-refractivity contribution in [3.63, 3.8) is 0 Å². The minimum atomic E-state index is -0.567. The fraction of sp³-hybridized carbons (Fsp3) is 0.579. The Hall–Kier alpha value is -1.95. The number of rotatable bonds is 8. The van der Waals surface area contributed by atoms with Crippen LogP contribution in [-0.2, 0) is 4.79 Å². The van der Waals surface area contributed by atoms with Gasteiger partial charge in [0.2, 0.25) is 5.91 Å². The average Bonchev–Trinajstić information content (AvgIpc) is 2.64. The van der Waals surface area contributed by atoms with E-state index in [9.17, 15) is 14.0 Å². The van der Waals surface area contributed by atoms with Crippen molar-refractivity contribution in [2.24, 2.45) is 5.92 Å². The lowest BCUT2D eigenvalue weighted by Crippen LogP contribution is -2.40. The Morgan fingerprint density at radius 1 is 1.28 bits per heavy atom. The molecule has 138 valence electrons. The van der Waals surface area contributed by atoms with Crippen LogP contribution >= 0.6 is 0 Å². The van der Waals surface area contributed by atoms with Crippen LogP contribution in [-0.4, -0.2) is 49.9 Å². The van der Waals surface area contributed by atoms with Crippen LogP contribution in [0.1, 0.15) is 43.0 Å². The molecular formula is C19H27FN2O3. The molecule has 0 aliphatic carbocycles. The summed E-state index contributed by atoms with van der Waals surface area (Å²) in [6.45, 7) is 5.55. The van der Waals surface area contributed by atoms with Gasteiger partial charge in [-0.15, -0.1) is 0 Å². The molecule has 25 heavy (non-hydrogen) atoms. The second kappa shape index (κ2) is 9.51. The van der Waals surface area contributed by atoms with Crippen LogP contribution in [0.5, 0.6) is 5.75 Å². The van der Waals surface area contributed by atoms with Crippen LogP contribution < -0.4 is 10.1 Å². The molecule has 0 unspecified atom stereocenters. The van der Waals surface area contributed by atoms with Gasteiger partial charge in [-0.05, 0) is 50.0 Å². The zero-order chi connectivity index (χ0) is 18.2. The number of nitrogens with one attached hydrogen (secondary N) is 1. The highest BCUT2D eigenvalue weighted by Crippen LogP contribution is 2.20. The number of likely N-dealkylation sites (tertiary alicyclic amines) is 1. The van der Waals surface area contributed by atoms with Crippen LogP contribution in [0.3, 0.4) is 0 Å². The van der Waals surface area contributed by atoms with Gasteiger partial charge in [0, 0.05) is 31.5 Å². The number of ketones is 1. The molecular weight excluding hydrogens is 323 g/mol. The second-order valence-corrected chi connectivity index (χ2v) is 6.40. The quantitative estimate of drug-likeness (QED) is 0.732. The number of piperidine rings is 1. The van der Waals surface area contributed by atoms with E-state index in [1.165, 1.54) is 19.2 Å². The first kappa shape index (κ1) is 19.4. The van der Waals surface area contributed by atoms with E-state index in [0.717, 1.165) is 45.1 Å². The minimum Gasteiger partial charge on any atom is -0.494 e. The molecule has 1 saturated heterocycles. The number of ether oxygens (including phenoxy) is 1. The number of methoxy groups -OCH3 is 1. The number of nitrogens with zero attached hydrogens (tertiary/aromatic N) is 1. The van der Waals surface area contributed by atoms with Crippen molar-refractivity contribution in [2.75, 3.05) is 33.3 Å². The summed E-state index contributed by atoms with van der Waals surface area (Å²) in [6, 6.07) is 4.12. The number of halogens is 1. The van der Waals surface area contributed by atoms with Gasteiger partial charge in [-0.2, -0.15) is 0 Å². The van der Waals surface area contributed by atoms with Gasteiger partial charge in [-0.1, -0.05) is 6.92 Å². The molecule has 1 fully saturated rings. The maximum absolute atomic E-state index is 13.7. The average molecular weight is 350 g/mol. The third-order valence-corrected chi connectivity index (χ3v) is 4.69. The standard InChI is InChI=1S/C19H27FN2O3/c1-3-21-13-14-8-10-22(11-9-14)19(24)7-5-17(23)15-4-6-18(25-2)16(20)12-15/h4,6,12,14,21H,3,5,7-11,13H2,1-2H3. The molecule has 1 aromatic rings. The molecule has 1 aliphatic rings. The number of hydrogen-bond donors (Lipinski definition) is 1. The summed E-state index contributed by atoms with van der Waals surface area (Å²) < 4.78 is 18.5. The van der Waals surface area contributed by atoms with Crippen molar-refractivity contribution in [3.8, 4) is 5.75 Å². The summed E-state index contributed by atoms with van der Waals surface area (Å²) >= 11 is 0. The molecule has 0 saturated carbocycles. The fourth-order valence-electron chi connectivity index (χ4n) is 3.10. The zero-order valence-electron chi connectivity index (χ0n) is 15.0. The molecule has 1 N–H and O–H groups in total. The summed E-state index contributed by atoms with van der Waals surface area (Å²) in [6.07, 6.45) is 2.26. The number of carbonyl (C=O) groups is 2. The van der Waals surface area contributed by atoms with E-state index in [0.29, 0.717) is 5.92 Å². The van der Waals surface area contributed by atoms with E-state index >= 15 is 0 Å². The normalized spacial score (nSPS) is 15.2. The Labute approximate surface area is 148 Å². The van der Waals surface area contributed by atoms with Crippen molar-refractivity contribution in [1.29, 1.82) is 0 Å². The van der Waals surface area contributed by atoms with E-state index in [4.69, 9.17) is 4.74 Å². The SMILES string of the molecule is CCNCC1CCN(C(=O)CCC(=O)c2ccc(OC)c(F)c2)CC1. The lowest BCUT2D eigenvalue weighted by atomic mass is 9.96. The lowest BCUT2D eigenvalue weighted by molar-refractivity contribution is -0.132. The Balaban J connectivity index is 1.78. The summed E-state index contributed by atoms with van der Waals surface area (Å²) in [5, 5.41) is 3.35. The highest BCUT2D eigenvalue weighted by molar-refractivity contribution is 5.98. The van der Waals surface area contributed by atoms with Crippen molar-refractivity contribution in [1.82, 2.24) is 10.2 Å². The van der Waals surface area contributed by atoms with Crippen LogP contribution in [0.4, 0.5) is 4.39 Å². The van der Waals surface area contributed by atoms with Crippen molar-refractivity contribution < 1.29 is 18.7 Å². The molecule has 1 heterocycles. The lowest BCUT2D eigenvalue weighted by Gasteiger charge is -2.32. The van der Waals surface area contributed by atoms with Crippen LogP contribution in [0.15, 0.2) is 18.2 Å². The van der Waals surface area contributed by atoms with Gasteiger partial charge < -0.3 is 15.0 Å². The molecule has 0 spiro atoms. The van der Waals surface area contributed by atoms with Gasteiger partial charge in [-0.3, -0.25) is 9.59 Å². The number of hydrogen-bond acceptors (Lipinski definition) is 4. The molecule has 1 aliphatic heterocycles. The van der Waals surface area contributed by atoms with E-state index in [1.807, 2.05) is 4.90 Å². The summed E-state index contributed by atoms with van der Waals surface area (Å²) in [5.41, 5.74) is 0.274. The summed E-state index contributed by atoms with van der Waals surface area (Å²) in [5.74, 6) is -0.0652. The van der Waals surface area contributed by atoms with E-state index in [-0.39, 0.29) is 35.8 Å². The summed E-state index contributed by atoms with van der Waals surface area (Å²) in [4.78, 5) is 26.3. The van der Waals surface area contributed by atoms with Gasteiger partial charge in [0.05, 0.1) is 7.11 Å². The van der Waals surface area contributed by atoms with Crippen molar-refractivity contribution in [3.05, 3.63) is 29.6 Å². The minimum absolute atomic E-state index is 0.00392. The third-order valence-electron chi connectivity index (χ3n) is 4.69. The monoisotopic (exact) mass is 350 g/mol. The Morgan fingerprint density at radius 3 is 2.60 bits per heavy atom. The molecule has 6 heteroatoms. The summed E-state index contributed by atoms with van der Waals surface area (Å²) in [7, 11) is 1.38. The Kier molecular flexibility index (Phi) is 7.37. The van der Waals surface area contributed by atoms with E-state index in [1.54, 1.807) is 0 Å². The first-order valence-electron chi connectivity index (χ1n) is 8.90. The maximum Gasteiger partial charge on any atom is 0.223 e. The number of amides is 1. The molecule has 1 amide bonds. The fourth-order valence-corrected chi connectivity index (χ4v) is 3.10. The van der Waals surface area contributed by atoms with Crippen molar-refractivity contribution in [2.45, 2.75) is 32.6 Å². The topological polar surface area (TPSA) is 58.6 Å². The molecule has 5 nitrogen and oxygen atoms in total. The molecule has 0 bridgehead atoms. The first-order chi connectivity index (χ1) is 12.0. The predicted octanol–water partition coefficient (Wildman–Crippen LogP) is 2.65. The van der Waals surface area contributed by atoms with Crippen LogP contribution in [0, 0.1) is 11.7 Å². The molecule has 0 atom stereocenters. The van der Waals surface area contributed by atoms with Gasteiger partial charge in [-0.25, -0.2) is 4.39 Å². The highest BCUT2D eigenvalue weighted by atomic mass is 19.1. The predicted molar refractivity (Wildman–Crippen MR) is 94.4 cm³/mol. The van der Waals surface area contributed by atoms with Gasteiger partial charge in [0.1, 0.15) is 0 Å². The molecule has 0 aromatic heterocycles. The highest BCUT2D eigenvalue weighted by Gasteiger charge is 2.23. The Morgan fingerprint density at radius 2 is 2.00 bits per heavy atom. The van der Waals surface area contributed by atoms with Crippen LogP contribution in [0.2, 0.25) is 0 Å². The molecule has 1 aromatic carbocycles. The van der Waals surface area contributed by atoms with E-state index < -0.39 is 5.82 Å². The van der Waals surface area contributed by atoms with Gasteiger partial charge in [0.25, 0.3) is 0 Å². The maximum atomic E-state index is 13.7. The smallest absolute Gasteiger partial charge is 0.223 e. The zero-order valence-corrected chi connectivity index (χ0v) is 15.0. The third kappa shape index (κ3) is 5.53.